The average Bonchev–Trinajstić information content (AvgIpc) is 2.93. The van der Waals surface area contributed by atoms with Gasteiger partial charge < -0.3 is 0 Å². The fourth-order valence-electron chi connectivity index (χ4n) is 6.66. The molecule has 1 saturated carbocycles. The Morgan fingerprint density at radius 1 is 0.489 bits per heavy atom. The van der Waals surface area contributed by atoms with Crippen LogP contribution in [0.4, 0.5) is 0 Å². The van der Waals surface area contributed by atoms with Crippen molar-refractivity contribution in [3.63, 3.8) is 0 Å². The molecule has 45 heavy (non-hydrogen) atoms. The molecule has 0 unspecified atom stereocenters. The molecule has 0 spiro atoms. The van der Waals surface area contributed by atoms with Crippen molar-refractivity contribution in [2.45, 2.75) is 254 Å². The zero-order chi connectivity index (χ0) is 36.4. The van der Waals surface area contributed by atoms with E-state index in [1.807, 2.05) is 0 Å². The highest BCUT2D eigenvalue weighted by Gasteiger charge is 2.29. The van der Waals surface area contributed by atoms with Crippen molar-refractivity contribution in [3.05, 3.63) is 0 Å². The van der Waals surface area contributed by atoms with Gasteiger partial charge in [0, 0.05) is 0 Å². The lowest BCUT2D eigenvalue weighted by molar-refractivity contribution is 0.149. The number of hydrogen-bond donors (Lipinski definition) is 0. The Kier molecular flexibility index (Phi) is 32.1. The predicted molar refractivity (Wildman–Crippen MR) is 216 cm³/mol. The van der Waals surface area contributed by atoms with Crippen LogP contribution in [-0.2, 0) is 0 Å². The monoisotopic (exact) mass is 639 g/mol. The summed E-state index contributed by atoms with van der Waals surface area (Å²) in [5.74, 6) is 1.99. The van der Waals surface area contributed by atoms with Crippen LogP contribution < -0.4 is 0 Å². The van der Waals surface area contributed by atoms with Crippen LogP contribution in [0.3, 0.4) is 0 Å². The second kappa shape index (κ2) is 27.9. The quantitative estimate of drug-likeness (QED) is 0.211. The summed E-state index contributed by atoms with van der Waals surface area (Å²) in [6.07, 6.45) is 25.0. The van der Waals surface area contributed by atoms with Crippen molar-refractivity contribution in [3.8, 4) is 0 Å². The molecule has 0 atom stereocenters. The lowest BCUT2D eigenvalue weighted by Crippen LogP contribution is -2.24. The molecule has 0 aromatic rings. The standard InChI is InChI=1S/C12H26.C11H22.C10H22.C8H18.C4H10/c1-7-12(8-2,9-3)10-11(4,5)6;1-11(2,3)9-10-7-5-4-6-8-10;1-6-9(7-2)8-10(3,4)5;1-5-6-7-8(2,3)4;1-3-4-2/h7-10H2,1-6H3;10H,4-9H2,1-3H3;9H,6-8H2,1-5H3;5-7H2,1-4H3;3-4H2,1-2H3. The predicted octanol–water partition coefficient (Wildman–Crippen LogP) is 17.5. The minimum Gasteiger partial charge on any atom is -0.0654 e. The van der Waals surface area contributed by atoms with Crippen molar-refractivity contribution < 1.29 is 0 Å². The van der Waals surface area contributed by atoms with Gasteiger partial charge in [-0.15, -0.1) is 0 Å². The zero-order valence-electron chi connectivity index (χ0n) is 36.4. The third kappa shape index (κ3) is 42.0. The molecule has 1 fully saturated rings. The number of unbranched alkanes of at least 4 members (excludes halogenated alkanes) is 2. The maximum Gasteiger partial charge on any atom is -0.0300 e. The molecule has 0 heterocycles. The Morgan fingerprint density at radius 3 is 1.09 bits per heavy atom. The first kappa shape index (κ1) is 51.8. The second-order valence-electron chi connectivity index (χ2n) is 19.7. The van der Waals surface area contributed by atoms with E-state index in [4.69, 9.17) is 0 Å². The van der Waals surface area contributed by atoms with Gasteiger partial charge in [0.1, 0.15) is 0 Å². The Morgan fingerprint density at radius 2 is 0.911 bits per heavy atom. The zero-order valence-corrected chi connectivity index (χ0v) is 36.4. The van der Waals surface area contributed by atoms with Gasteiger partial charge in [0.15, 0.2) is 0 Å². The van der Waals surface area contributed by atoms with Gasteiger partial charge in [-0.3, -0.25) is 0 Å². The molecule has 0 bridgehead atoms. The molecule has 0 radical (unpaired) electrons. The summed E-state index contributed by atoms with van der Waals surface area (Å²) in [6, 6.07) is 0. The van der Waals surface area contributed by atoms with Crippen molar-refractivity contribution in [1.82, 2.24) is 0 Å². The fourth-order valence-corrected chi connectivity index (χ4v) is 6.66. The first-order chi connectivity index (χ1) is 20.4. The van der Waals surface area contributed by atoms with Gasteiger partial charge in [0.2, 0.25) is 0 Å². The van der Waals surface area contributed by atoms with Crippen LogP contribution in [0.5, 0.6) is 0 Å². The van der Waals surface area contributed by atoms with Crippen molar-refractivity contribution in [2.75, 3.05) is 0 Å². The summed E-state index contributed by atoms with van der Waals surface area (Å²) in [5, 5.41) is 0. The van der Waals surface area contributed by atoms with E-state index in [0.29, 0.717) is 27.1 Å². The van der Waals surface area contributed by atoms with Gasteiger partial charge in [-0.1, -0.05) is 228 Å². The smallest absolute Gasteiger partial charge is 0.0300 e. The number of rotatable bonds is 11. The molecule has 0 N–H and O–H groups in total. The second-order valence-corrected chi connectivity index (χ2v) is 19.7. The summed E-state index contributed by atoms with van der Waals surface area (Å²) in [6.45, 7) is 46.2. The first-order valence-corrected chi connectivity index (χ1v) is 20.4. The maximum absolute atomic E-state index is 2.36. The van der Waals surface area contributed by atoms with E-state index in [2.05, 4.69) is 138 Å². The highest BCUT2D eigenvalue weighted by atomic mass is 14.3. The Balaban J connectivity index is -0.000000241. The van der Waals surface area contributed by atoms with Crippen LogP contribution in [0.2, 0.25) is 0 Å². The summed E-state index contributed by atoms with van der Waals surface area (Å²) < 4.78 is 0. The lowest BCUT2D eigenvalue weighted by atomic mass is 9.69. The molecular formula is C45H98. The van der Waals surface area contributed by atoms with E-state index in [1.165, 1.54) is 116 Å². The molecule has 278 valence electrons. The van der Waals surface area contributed by atoms with Crippen LogP contribution in [-0.4, -0.2) is 0 Å². The maximum atomic E-state index is 2.36. The highest BCUT2D eigenvalue weighted by molar-refractivity contribution is 4.80. The molecule has 0 aromatic heterocycles. The molecule has 1 rings (SSSR count). The van der Waals surface area contributed by atoms with Gasteiger partial charge in [0.25, 0.3) is 0 Å². The molecule has 0 aliphatic heterocycles. The van der Waals surface area contributed by atoms with Crippen LogP contribution in [0.15, 0.2) is 0 Å². The van der Waals surface area contributed by atoms with Crippen LogP contribution in [0, 0.1) is 38.9 Å². The van der Waals surface area contributed by atoms with Gasteiger partial charge in [-0.05, 0) is 64.6 Å². The Bertz CT molecular complexity index is 557. The van der Waals surface area contributed by atoms with E-state index >= 15 is 0 Å². The van der Waals surface area contributed by atoms with Crippen LogP contribution >= 0.6 is 0 Å². The summed E-state index contributed by atoms with van der Waals surface area (Å²) in [4.78, 5) is 0. The lowest BCUT2D eigenvalue weighted by Gasteiger charge is -2.36. The largest absolute Gasteiger partial charge is 0.0654 e. The molecular weight excluding hydrogens is 540 g/mol. The van der Waals surface area contributed by atoms with Crippen molar-refractivity contribution in [2.24, 2.45) is 38.9 Å². The fraction of sp³-hybridized carbons (Fsp3) is 1.00. The van der Waals surface area contributed by atoms with Crippen LogP contribution in [0.25, 0.3) is 0 Å². The van der Waals surface area contributed by atoms with Gasteiger partial charge in [0.05, 0.1) is 0 Å². The SMILES string of the molecule is CC(C)(C)CC1CCCCC1.CCC(CC)(CC)CC(C)(C)C.CCC(CC)CC(C)(C)C.CCCC.CCCCC(C)(C)C. The topological polar surface area (TPSA) is 0 Å². The minimum absolute atomic E-state index is 0.488. The molecule has 0 nitrogen and oxygen atoms in total. The molecule has 1 aliphatic carbocycles. The normalized spacial score (nSPS) is 14.6. The molecule has 0 saturated heterocycles. The van der Waals surface area contributed by atoms with Gasteiger partial charge in [-0.25, -0.2) is 0 Å². The van der Waals surface area contributed by atoms with E-state index < -0.39 is 0 Å². The van der Waals surface area contributed by atoms with Crippen molar-refractivity contribution in [1.29, 1.82) is 0 Å². The third-order valence-electron chi connectivity index (χ3n) is 9.62. The number of hydrogen-bond acceptors (Lipinski definition) is 0. The Hall–Kier alpha value is 0. The molecule has 0 amide bonds. The van der Waals surface area contributed by atoms with Crippen molar-refractivity contribution >= 4 is 0 Å². The average molecular weight is 639 g/mol. The third-order valence-corrected chi connectivity index (χ3v) is 9.62. The first-order valence-electron chi connectivity index (χ1n) is 20.4. The summed E-state index contributed by atoms with van der Waals surface area (Å²) >= 11 is 0. The molecule has 0 heteroatoms. The minimum atomic E-state index is 0.488. The van der Waals surface area contributed by atoms with E-state index in [9.17, 15) is 0 Å². The van der Waals surface area contributed by atoms with E-state index in [1.54, 1.807) is 0 Å². The van der Waals surface area contributed by atoms with E-state index in [0.717, 1.165) is 11.8 Å². The summed E-state index contributed by atoms with van der Waals surface area (Å²) in [5.41, 5.74) is 2.73. The van der Waals surface area contributed by atoms with Gasteiger partial charge >= 0.3 is 0 Å². The molecule has 1 aliphatic rings. The van der Waals surface area contributed by atoms with Crippen LogP contribution in [0.1, 0.15) is 254 Å². The van der Waals surface area contributed by atoms with Gasteiger partial charge in [-0.2, -0.15) is 0 Å². The van der Waals surface area contributed by atoms with E-state index in [-0.39, 0.29) is 0 Å². The highest BCUT2D eigenvalue weighted by Crippen LogP contribution is 2.41. The molecule has 0 aromatic carbocycles. The summed E-state index contributed by atoms with van der Waals surface area (Å²) in [7, 11) is 0. The Labute approximate surface area is 292 Å².